The number of carboxylic acids is 1. The lowest BCUT2D eigenvalue weighted by Gasteiger charge is -2.05. The van der Waals surface area contributed by atoms with Gasteiger partial charge in [0.1, 0.15) is 17.1 Å². The SMILES string of the molecule is Cc1oc(Cn2c(C)c(Br)c3ccccc32)cc1C(=O)O. The number of carbonyl (C=O) groups is 1. The van der Waals surface area contributed by atoms with Crippen LogP contribution in [0.2, 0.25) is 0 Å². The predicted molar refractivity (Wildman–Crippen MR) is 83.9 cm³/mol. The Labute approximate surface area is 130 Å². The molecule has 3 aromatic rings. The van der Waals surface area contributed by atoms with Crippen molar-refractivity contribution in [1.29, 1.82) is 0 Å². The largest absolute Gasteiger partial charge is 0.478 e. The molecule has 0 radical (unpaired) electrons. The number of aromatic carboxylic acids is 1. The van der Waals surface area contributed by atoms with Crippen molar-refractivity contribution >= 4 is 32.8 Å². The number of furan rings is 1. The fourth-order valence-electron chi connectivity index (χ4n) is 2.58. The molecule has 0 aliphatic carbocycles. The highest BCUT2D eigenvalue weighted by Gasteiger charge is 2.17. The molecule has 2 heterocycles. The molecule has 1 aromatic carbocycles. The number of nitrogens with zero attached hydrogens (tertiary/aromatic N) is 1. The fourth-order valence-corrected chi connectivity index (χ4v) is 3.13. The summed E-state index contributed by atoms with van der Waals surface area (Å²) in [4.78, 5) is 11.1. The molecule has 0 saturated heterocycles. The van der Waals surface area contributed by atoms with Crippen LogP contribution < -0.4 is 0 Å². The number of hydrogen-bond donors (Lipinski definition) is 1. The van der Waals surface area contributed by atoms with E-state index >= 15 is 0 Å². The van der Waals surface area contributed by atoms with E-state index in [4.69, 9.17) is 9.52 Å². The molecule has 2 aromatic heterocycles. The fraction of sp³-hybridized carbons (Fsp3) is 0.188. The van der Waals surface area contributed by atoms with Crippen molar-refractivity contribution in [2.24, 2.45) is 0 Å². The number of para-hydroxylation sites is 1. The van der Waals surface area contributed by atoms with Gasteiger partial charge in [-0.05, 0) is 41.9 Å². The van der Waals surface area contributed by atoms with Gasteiger partial charge in [0.05, 0.1) is 6.54 Å². The van der Waals surface area contributed by atoms with Gasteiger partial charge in [-0.15, -0.1) is 0 Å². The summed E-state index contributed by atoms with van der Waals surface area (Å²) in [5.74, 6) is 0.115. The van der Waals surface area contributed by atoms with Crippen LogP contribution in [-0.4, -0.2) is 15.6 Å². The first kappa shape index (κ1) is 13.9. The molecule has 0 aliphatic rings. The Kier molecular flexibility index (Phi) is 3.37. The number of hydrogen-bond acceptors (Lipinski definition) is 2. The van der Waals surface area contributed by atoms with E-state index in [1.165, 1.54) is 0 Å². The van der Waals surface area contributed by atoms with E-state index in [9.17, 15) is 4.79 Å². The first-order valence-corrected chi connectivity index (χ1v) is 7.34. The van der Waals surface area contributed by atoms with Crippen molar-refractivity contribution in [3.63, 3.8) is 0 Å². The van der Waals surface area contributed by atoms with Gasteiger partial charge in [0.25, 0.3) is 0 Å². The van der Waals surface area contributed by atoms with Crippen molar-refractivity contribution < 1.29 is 14.3 Å². The van der Waals surface area contributed by atoms with Gasteiger partial charge in [0.15, 0.2) is 0 Å². The van der Waals surface area contributed by atoms with E-state index in [1.807, 2.05) is 25.1 Å². The minimum absolute atomic E-state index is 0.221. The lowest BCUT2D eigenvalue weighted by molar-refractivity contribution is 0.0695. The lowest BCUT2D eigenvalue weighted by Crippen LogP contribution is -2.00. The zero-order valence-corrected chi connectivity index (χ0v) is 13.3. The molecule has 0 bridgehead atoms. The third-order valence-electron chi connectivity index (χ3n) is 3.67. The maximum atomic E-state index is 11.1. The Morgan fingerprint density at radius 2 is 2.05 bits per heavy atom. The van der Waals surface area contributed by atoms with E-state index in [0.29, 0.717) is 18.1 Å². The minimum atomic E-state index is -0.960. The monoisotopic (exact) mass is 347 g/mol. The molecule has 0 fully saturated rings. The average Bonchev–Trinajstić information content (AvgIpc) is 2.94. The molecular formula is C16H14BrNO3. The van der Waals surface area contributed by atoms with Gasteiger partial charge in [-0.25, -0.2) is 4.79 Å². The smallest absolute Gasteiger partial charge is 0.339 e. The van der Waals surface area contributed by atoms with Crippen LogP contribution >= 0.6 is 15.9 Å². The highest BCUT2D eigenvalue weighted by Crippen LogP contribution is 2.31. The van der Waals surface area contributed by atoms with Crippen molar-refractivity contribution in [2.45, 2.75) is 20.4 Å². The topological polar surface area (TPSA) is 55.4 Å². The maximum Gasteiger partial charge on any atom is 0.339 e. The summed E-state index contributed by atoms with van der Waals surface area (Å²) in [6.07, 6.45) is 0. The van der Waals surface area contributed by atoms with Gasteiger partial charge < -0.3 is 14.1 Å². The zero-order chi connectivity index (χ0) is 15.1. The number of fused-ring (bicyclic) bond motifs is 1. The third-order valence-corrected chi connectivity index (χ3v) is 4.67. The molecule has 21 heavy (non-hydrogen) atoms. The Morgan fingerprint density at radius 1 is 1.33 bits per heavy atom. The normalized spacial score (nSPS) is 11.2. The molecular weight excluding hydrogens is 334 g/mol. The second kappa shape index (κ2) is 5.07. The van der Waals surface area contributed by atoms with E-state index in [2.05, 4.69) is 26.6 Å². The molecule has 0 amide bonds. The van der Waals surface area contributed by atoms with E-state index in [1.54, 1.807) is 13.0 Å². The van der Waals surface area contributed by atoms with E-state index < -0.39 is 5.97 Å². The van der Waals surface area contributed by atoms with Crippen molar-refractivity contribution in [3.8, 4) is 0 Å². The first-order valence-electron chi connectivity index (χ1n) is 6.55. The number of aromatic nitrogens is 1. The van der Waals surface area contributed by atoms with Crippen LogP contribution in [0.3, 0.4) is 0 Å². The second-order valence-corrected chi connectivity index (χ2v) is 5.78. The molecule has 4 nitrogen and oxygen atoms in total. The van der Waals surface area contributed by atoms with Gasteiger partial charge in [-0.2, -0.15) is 0 Å². The van der Waals surface area contributed by atoms with Gasteiger partial charge in [-0.1, -0.05) is 18.2 Å². The molecule has 0 spiro atoms. The molecule has 0 saturated carbocycles. The van der Waals surface area contributed by atoms with Gasteiger partial charge >= 0.3 is 5.97 Å². The maximum absolute atomic E-state index is 11.1. The molecule has 0 unspecified atom stereocenters. The lowest BCUT2D eigenvalue weighted by atomic mass is 10.2. The summed E-state index contributed by atoms with van der Waals surface area (Å²) in [5, 5.41) is 10.2. The Balaban J connectivity index is 2.08. The Bertz CT molecular complexity index is 845. The highest BCUT2D eigenvalue weighted by molar-refractivity contribution is 9.10. The third kappa shape index (κ3) is 2.27. The number of rotatable bonds is 3. The van der Waals surface area contributed by atoms with Crippen LogP contribution in [0.15, 0.2) is 39.2 Å². The first-order chi connectivity index (χ1) is 9.99. The zero-order valence-electron chi connectivity index (χ0n) is 11.7. The van der Waals surface area contributed by atoms with Crippen LogP contribution in [0.5, 0.6) is 0 Å². The molecule has 0 aliphatic heterocycles. The predicted octanol–water partition coefficient (Wildman–Crippen LogP) is 4.36. The van der Waals surface area contributed by atoms with Crippen LogP contribution in [0.25, 0.3) is 10.9 Å². The molecule has 3 rings (SSSR count). The Morgan fingerprint density at radius 3 is 2.71 bits per heavy atom. The highest BCUT2D eigenvalue weighted by atomic mass is 79.9. The van der Waals surface area contributed by atoms with Crippen LogP contribution in [-0.2, 0) is 6.54 Å². The van der Waals surface area contributed by atoms with Crippen LogP contribution in [0, 0.1) is 13.8 Å². The summed E-state index contributed by atoms with van der Waals surface area (Å²) < 4.78 is 8.75. The molecule has 0 atom stereocenters. The number of benzene rings is 1. The Hall–Kier alpha value is -2.01. The van der Waals surface area contributed by atoms with Crippen molar-refractivity contribution in [3.05, 3.63) is 57.6 Å². The van der Waals surface area contributed by atoms with Gasteiger partial charge in [-0.3, -0.25) is 0 Å². The van der Waals surface area contributed by atoms with Gasteiger partial charge in [0.2, 0.25) is 0 Å². The van der Waals surface area contributed by atoms with Gasteiger partial charge in [0, 0.05) is 21.1 Å². The molecule has 108 valence electrons. The van der Waals surface area contributed by atoms with Crippen LogP contribution in [0.1, 0.15) is 27.6 Å². The number of halogens is 1. The van der Waals surface area contributed by atoms with E-state index in [-0.39, 0.29) is 5.56 Å². The quantitative estimate of drug-likeness (QED) is 0.765. The van der Waals surface area contributed by atoms with E-state index in [0.717, 1.165) is 21.1 Å². The molecule has 5 heteroatoms. The average molecular weight is 348 g/mol. The van der Waals surface area contributed by atoms with Crippen LogP contribution in [0.4, 0.5) is 0 Å². The number of aryl methyl sites for hydroxylation is 1. The second-order valence-electron chi connectivity index (χ2n) is 4.99. The summed E-state index contributed by atoms with van der Waals surface area (Å²) in [7, 11) is 0. The summed E-state index contributed by atoms with van der Waals surface area (Å²) >= 11 is 3.61. The summed E-state index contributed by atoms with van der Waals surface area (Å²) in [5.41, 5.74) is 2.40. The standard InChI is InChI=1S/C16H14BrNO3/c1-9-15(17)12-5-3-4-6-14(12)18(9)8-11-7-13(16(19)20)10(2)21-11/h3-7H,8H2,1-2H3,(H,19,20). The van der Waals surface area contributed by atoms with Crippen molar-refractivity contribution in [2.75, 3.05) is 0 Å². The summed E-state index contributed by atoms with van der Waals surface area (Å²) in [6.45, 7) is 4.20. The number of carboxylic acid groups (broad SMARTS) is 1. The molecule has 1 N–H and O–H groups in total. The summed E-state index contributed by atoms with van der Waals surface area (Å²) in [6, 6.07) is 9.68. The van der Waals surface area contributed by atoms with Crippen molar-refractivity contribution in [1.82, 2.24) is 4.57 Å². The minimum Gasteiger partial charge on any atom is -0.478 e.